The summed E-state index contributed by atoms with van der Waals surface area (Å²) in [7, 11) is 0. The standard InChI is InChI=1S/C19H17N5/c1-13-7-8-14(2)17(9-13)24-19-10-18(21-12-22-19)23-16-6-4-3-5-15(16)11-20/h3-10,12H,1-2H3,(H2,21,22,23,24). The number of hydrogen-bond donors (Lipinski definition) is 2. The molecule has 0 spiro atoms. The number of nitrogens with one attached hydrogen (secondary N) is 2. The number of anilines is 4. The Morgan fingerprint density at radius 2 is 1.58 bits per heavy atom. The molecule has 3 rings (SSSR count). The van der Waals surface area contributed by atoms with Gasteiger partial charge in [0.25, 0.3) is 0 Å². The van der Waals surface area contributed by atoms with Gasteiger partial charge in [-0.2, -0.15) is 5.26 Å². The molecule has 0 fully saturated rings. The maximum Gasteiger partial charge on any atom is 0.135 e. The molecule has 0 unspecified atom stereocenters. The Morgan fingerprint density at radius 1 is 0.875 bits per heavy atom. The van der Waals surface area contributed by atoms with Crippen molar-refractivity contribution in [1.82, 2.24) is 9.97 Å². The lowest BCUT2D eigenvalue weighted by Crippen LogP contribution is -2.00. The Kier molecular flexibility index (Phi) is 4.39. The van der Waals surface area contributed by atoms with Crippen LogP contribution in [0.5, 0.6) is 0 Å². The number of aryl methyl sites for hydroxylation is 2. The number of nitrogens with zero attached hydrogens (tertiary/aromatic N) is 3. The largest absolute Gasteiger partial charge is 0.340 e. The molecule has 2 aromatic carbocycles. The molecule has 1 aromatic heterocycles. The zero-order valence-corrected chi connectivity index (χ0v) is 13.5. The fraction of sp³-hybridized carbons (Fsp3) is 0.105. The van der Waals surface area contributed by atoms with Crippen LogP contribution in [0.2, 0.25) is 0 Å². The Balaban J connectivity index is 1.84. The molecule has 0 aliphatic rings. The summed E-state index contributed by atoms with van der Waals surface area (Å²) in [5.41, 5.74) is 4.62. The molecule has 0 aliphatic carbocycles. The molecule has 24 heavy (non-hydrogen) atoms. The van der Waals surface area contributed by atoms with Crippen molar-refractivity contribution in [3.63, 3.8) is 0 Å². The van der Waals surface area contributed by atoms with E-state index < -0.39 is 0 Å². The van der Waals surface area contributed by atoms with Crippen LogP contribution in [0.15, 0.2) is 54.9 Å². The smallest absolute Gasteiger partial charge is 0.135 e. The molecule has 118 valence electrons. The first-order valence-electron chi connectivity index (χ1n) is 7.58. The van der Waals surface area contributed by atoms with Crippen LogP contribution in [0.25, 0.3) is 0 Å². The molecule has 0 bridgehead atoms. The first-order valence-corrected chi connectivity index (χ1v) is 7.58. The topological polar surface area (TPSA) is 73.6 Å². The average Bonchev–Trinajstić information content (AvgIpc) is 2.59. The fourth-order valence-electron chi connectivity index (χ4n) is 2.33. The summed E-state index contributed by atoms with van der Waals surface area (Å²) in [6, 6.07) is 17.5. The summed E-state index contributed by atoms with van der Waals surface area (Å²) in [6.07, 6.45) is 1.49. The second-order valence-corrected chi connectivity index (χ2v) is 5.51. The van der Waals surface area contributed by atoms with Gasteiger partial charge in [-0.1, -0.05) is 24.3 Å². The minimum Gasteiger partial charge on any atom is -0.340 e. The molecule has 1 heterocycles. The van der Waals surface area contributed by atoms with Gasteiger partial charge in [0.15, 0.2) is 0 Å². The molecule has 0 aliphatic heterocycles. The molecule has 5 nitrogen and oxygen atoms in total. The van der Waals surface area contributed by atoms with Crippen LogP contribution in [0.4, 0.5) is 23.0 Å². The monoisotopic (exact) mass is 315 g/mol. The summed E-state index contributed by atoms with van der Waals surface area (Å²) < 4.78 is 0. The van der Waals surface area contributed by atoms with Gasteiger partial charge in [0.2, 0.25) is 0 Å². The van der Waals surface area contributed by atoms with E-state index in [0.29, 0.717) is 17.2 Å². The number of aromatic nitrogens is 2. The quantitative estimate of drug-likeness (QED) is 0.744. The SMILES string of the molecule is Cc1ccc(C)c(Nc2cc(Nc3ccccc3C#N)ncn2)c1. The summed E-state index contributed by atoms with van der Waals surface area (Å²) >= 11 is 0. The van der Waals surface area contributed by atoms with Crippen LogP contribution in [0, 0.1) is 25.2 Å². The number of benzene rings is 2. The zero-order chi connectivity index (χ0) is 16.9. The van der Waals surface area contributed by atoms with Gasteiger partial charge < -0.3 is 10.6 Å². The zero-order valence-electron chi connectivity index (χ0n) is 13.5. The van der Waals surface area contributed by atoms with Crippen LogP contribution < -0.4 is 10.6 Å². The number of para-hydroxylation sites is 1. The van der Waals surface area contributed by atoms with E-state index >= 15 is 0 Å². The first kappa shape index (κ1) is 15.5. The molecule has 0 saturated heterocycles. The molecule has 2 N–H and O–H groups in total. The summed E-state index contributed by atoms with van der Waals surface area (Å²) in [4.78, 5) is 8.48. The Bertz CT molecular complexity index is 912. The van der Waals surface area contributed by atoms with Crippen LogP contribution >= 0.6 is 0 Å². The molecule has 0 amide bonds. The molecule has 0 atom stereocenters. The minimum atomic E-state index is 0.570. The van der Waals surface area contributed by atoms with E-state index in [2.05, 4.69) is 51.8 Å². The molecule has 0 radical (unpaired) electrons. The normalized spacial score (nSPS) is 10.0. The van der Waals surface area contributed by atoms with Crippen molar-refractivity contribution in [2.75, 3.05) is 10.6 Å². The predicted molar refractivity (Wildman–Crippen MR) is 95.7 cm³/mol. The number of nitriles is 1. The Labute approximate surface area is 141 Å². The Morgan fingerprint density at radius 3 is 2.33 bits per heavy atom. The van der Waals surface area contributed by atoms with Crippen molar-refractivity contribution in [1.29, 1.82) is 5.26 Å². The van der Waals surface area contributed by atoms with Gasteiger partial charge in [0.05, 0.1) is 11.3 Å². The minimum absolute atomic E-state index is 0.570. The first-order chi connectivity index (χ1) is 11.7. The number of rotatable bonds is 4. The average molecular weight is 315 g/mol. The van der Waals surface area contributed by atoms with E-state index in [1.807, 2.05) is 31.2 Å². The fourth-order valence-corrected chi connectivity index (χ4v) is 2.33. The third-order valence-corrected chi connectivity index (χ3v) is 3.63. The van der Waals surface area contributed by atoms with E-state index in [1.165, 1.54) is 11.9 Å². The third kappa shape index (κ3) is 3.50. The van der Waals surface area contributed by atoms with E-state index in [9.17, 15) is 0 Å². The van der Waals surface area contributed by atoms with Crippen molar-refractivity contribution in [2.24, 2.45) is 0 Å². The van der Waals surface area contributed by atoms with Crippen molar-refractivity contribution >= 4 is 23.0 Å². The second kappa shape index (κ2) is 6.80. The van der Waals surface area contributed by atoms with Crippen molar-refractivity contribution in [3.05, 3.63) is 71.5 Å². The van der Waals surface area contributed by atoms with Crippen molar-refractivity contribution < 1.29 is 0 Å². The van der Waals surface area contributed by atoms with E-state index in [1.54, 1.807) is 6.07 Å². The van der Waals surface area contributed by atoms with Crippen molar-refractivity contribution in [2.45, 2.75) is 13.8 Å². The highest BCUT2D eigenvalue weighted by Gasteiger charge is 2.05. The molecule has 5 heteroatoms. The van der Waals surface area contributed by atoms with E-state index in [-0.39, 0.29) is 0 Å². The number of hydrogen-bond acceptors (Lipinski definition) is 5. The lowest BCUT2D eigenvalue weighted by atomic mass is 10.1. The predicted octanol–water partition coefficient (Wildman–Crippen LogP) is 4.45. The Hall–Kier alpha value is -3.39. The lowest BCUT2D eigenvalue weighted by molar-refractivity contribution is 1.16. The third-order valence-electron chi connectivity index (χ3n) is 3.63. The van der Waals surface area contributed by atoms with E-state index in [0.717, 1.165) is 16.9 Å². The molecule has 3 aromatic rings. The summed E-state index contributed by atoms with van der Waals surface area (Å²) in [5.74, 6) is 1.32. The summed E-state index contributed by atoms with van der Waals surface area (Å²) in [6.45, 7) is 4.10. The molecular formula is C19H17N5. The van der Waals surface area contributed by atoms with Crippen LogP contribution in [-0.2, 0) is 0 Å². The van der Waals surface area contributed by atoms with Gasteiger partial charge >= 0.3 is 0 Å². The maximum absolute atomic E-state index is 9.17. The van der Waals surface area contributed by atoms with Gasteiger partial charge in [-0.25, -0.2) is 9.97 Å². The molecular weight excluding hydrogens is 298 g/mol. The van der Waals surface area contributed by atoms with Gasteiger partial charge in [-0.05, 0) is 43.2 Å². The maximum atomic E-state index is 9.17. The van der Waals surface area contributed by atoms with Crippen LogP contribution in [-0.4, -0.2) is 9.97 Å². The summed E-state index contributed by atoms with van der Waals surface area (Å²) in [5, 5.41) is 15.6. The highest BCUT2D eigenvalue weighted by molar-refractivity contribution is 5.68. The highest BCUT2D eigenvalue weighted by Crippen LogP contribution is 2.23. The highest BCUT2D eigenvalue weighted by atomic mass is 15.1. The van der Waals surface area contributed by atoms with Gasteiger partial charge in [-0.15, -0.1) is 0 Å². The van der Waals surface area contributed by atoms with E-state index in [4.69, 9.17) is 5.26 Å². The second-order valence-electron chi connectivity index (χ2n) is 5.51. The molecule has 0 saturated carbocycles. The van der Waals surface area contributed by atoms with Crippen LogP contribution in [0.1, 0.15) is 16.7 Å². The lowest BCUT2D eigenvalue weighted by Gasteiger charge is -2.11. The van der Waals surface area contributed by atoms with Gasteiger partial charge in [0.1, 0.15) is 24.0 Å². The van der Waals surface area contributed by atoms with Crippen LogP contribution in [0.3, 0.4) is 0 Å². The van der Waals surface area contributed by atoms with Gasteiger partial charge in [-0.3, -0.25) is 0 Å². The van der Waals surface area contributed by atoms with Gasteiger partial charge in [0, 0.05) is 11.8 Å². The van der Waals surface area contributed by atoms with Crippen molar-refractivity contribution in [3.8, 4) is 6.07 Å².